The van der Waals surface area contributed by atoms with E-state index < -0.39 is 0 Å². The number of nitrogens with zero attached hydrogens (tertiary/aromatic N) is 1. The second kappa shape index (κ2) is 6.68. The van der Waals surface area contributed by atoms with Crippen LogP contribution in [0.1, 0.15) is 36.6 Å². The van der Waals surface area contributed by atoms with Crippen LogP contribution in [-0.2, 0) is 6.42 Å². The fraction of sp³-hybridized carbons (Fsp3) is 0.294. The zero-order valence-electron chi connectivity index (χ0n) is 12.4. The minimum Gasteiger partial charge on any atom is -0.389 e. The first-order valence-corrected chi connectivity index (χ1v) is 7.56. The Hall–Kier alpha value is -1.94. The SMILES string of the molecule is CCCCc1ccc(-n2cc(C(N)=S)c(=O)cc2C)cc1. The molecule has 4 heteroatoms. The summed E-state index contributed by atoms with van der Waals surface area (Å²) in [5, 5.41) is 0. The molecule has 1 aromatic heterocycles. The number of aryl methyl sites for hydroxylation is 2. The quantitative estimate of drug-likeness (QED) is 0.863. The number of thiocarbonyl (C=S) groups is 1. The molecule has 0 unspecified atom stereocenters. The second-order valence-corrected chi connectivity index (χ2v) is 5.64. The molecular weight excluding hydrogens is 280 g/mol. The Balaban J connectivity index is 2.39. The monoisotopic (exact) mass is 300 g/mol. The first kappa shape index (κ1) is 15.4. The van der Waals surface area contributed by atoms with Crippen LogP contribution in [0.25, 0.3) is 5.69 Å². The van der Waals surface area contributed by atoms with Crippen molar-refractivity contribution in [3.63, 3.8) is 0 Å². The second-order valence-electron chi connectivity index (χ2n) is 5.20. The summed E-state index contributed by atoms with van der Waals surface area (Å²) in [4.78, 5) is 12.0. The molecule has 0 saturated heterocycles. The summed E-state index contributed by atoms with van der Waals surface area (Å²) in [6.07, 6.45) is 5.21. The minimum absolute atomic E-state index is 0.129. The summed E-state index contributed by atoms with van der Waals surface area (Å²) in [5.41, 5.74) is 9.05. The van der Waals surface area contributed by atoms with E-state index in [1.807, 2.05) is 11.5 Å². The van der Waals surface area contributed by atoms with Crippen LogP contribution in [0.2, 0.25) is 0 Å². The largest absolute Gasteiger partial charge is 0.389 e. The lowest BCUT2D eigenvalue weighted by Crippen LogP contribution is -2.22. The Morgan fingerprint density at radius 1 is 1.29 bits per heavy atom. The van der Waals surface area contributed by atoms with E-state index in [1.54, 1.807) is 12.3 Å². The Bertz CT molecular complexity index is 702. The van der Waals surface area contributed by atoms with Crippen LogP contribution < -0.4 is 11.2 Å². The predicted molar refractivity (Wildman–Crippen MR) is 91.3 cm³/mol. The number of aromatic nitrogens is 1. The molecule has 3 nitrogen and oxygen atoms in total. The van der Waals surface area contributed by atoms with E-state index in [1.165, 1.54) is 18.4 Å². The average molecular weight is 300 g/mol. The maximum absolute atomic E-state index is 11.9. The highest BCUT2D eigenvalue weighted by molar-refractivity contribution is 7.80. The zero-order valence-corrected chi connectivity index (χ0v) is 13.2. The molecule has 2 rings (SSSR count). The third-order valence-corrected chi connectivity index (χ3v) is 3.76. The van der Waals surface area contributed by atoms with Gasteiger partial charge in [-0.15, -0.1) is 0 Å². The van der Waals surface area contributed by atoms with Crippen molar-refractivity contribution >= 4 is 17.2 Å². The molecule has 0 spiro atoms. The van der Waals surface area contributed by atoms with Gasteiger partial charge in [0.05, 0.1) is 5.56 Å². The molecular formula is C17H20N2OS. The number of hydrogen-bond donors (Lipinski definition) is 1. The van der Waals surface area contributed by atoms with Gasteiger partial charge in [0.15, 0.2) is 5.43 Å². The summed E-state index contributed by atoms with van der Waals surface area (Å²) in [5.74, 6) is 0. The molecule has 0 aliphatic heterocycles. The van der Waals surface area contributed by atoms with Crippen molar-refractivity contribution < 1.29 is 0 Å². The van der Waals surface area contributed by atoms with Gasteiger partial charge in [0.2, 0.25) is 0 Å². The maximum atomic E-state index is 11.9. The molecule has 21 heavy (non-hydrogen) atoms. The van der Waals surface area contributed by atoms with Crippen molar-refractivity contribution in [2.45, 2.75) is 33.1 Å². The molecule has 0 aliphatic carbocycles. The van der Waals surface area contributed by atoms with E-state index in [0.29, 0.717) is 5.56 Å². The van der Waals surface area contributed by atoms with E-state index in [2.05, 4.69) is 31.2 Å². The lowest BCUT2D eigenvalue weighted by molar-refractivity contribution is 0.794. The first-order valence-electron chi connectivity index (χ1n) is 7.15. The molecule has 0 aliphatic rings. The van der Waals surface area contributed by atoms with Gasteiger partial charge in [0, 0.05) is 23.6 Å². The van der Waals surface area contributed by atoms with Crippen LogP contribution in [0.15, 0.2) is 41.3 Å². The normalized spacial score (nSPS) is 10.6. The smallest absolute Gasteiger partial charge is 0.192 e. The third-order valence-electron chi connectivity index (χ3n) is 3.54. The van der Waals surface area contributed by atoms with E-state index in [-0.39, 0.29) is 10.4 Å². The number of unbranched alkanes of at least 4 members (excludes halogenated alkanes) is 1. The molecule has 110 valence electrons. The Morgan fingerprint density at radius 2 is 1.95 bits per heavy atom. The molecule has 1 aromatic carbocycles. The van der Waals surface area contributed by atoms with E-state index >= 15 is 0 Å². The molecule has 0 bridgehead atoms. The van der Waals surface area contributed by atoms with Crippen molar-refractivity contribution in [2.75, 3.05) is 0 Å². The van der Waals surface area contributed by atoms with Crippen LogP contribution in [0.3, 0.4) is 0 Å². The van der Waals surface area contributed by atoms with Gasteiger partial charge in [0.25, 0.3) is 0 Å². The minimum atomic E-state index is -0.129. The summed E-state index contributed by atoms with van der Waals surface area (Å²) in [6.45, 7) is 4.09. The van der Waals surface area contributed by atoms with Crippen LogP contribution in [-0.4, -0.2) is 9.56 Å². The maximum Gasteiger partial charge on any atom is 0.192 e. The zero-order chi connectivity index (χ0) is 15.4. The summed E-state index contributed by atoms with van der Waals surface area (Å²) < 4.78 is 1.94. The molecule has 2 aromatic rings. The molecule has 0 fully saturated rings. The topological polar surface area (TPSA) is 48.0 Å². The van der Waals surface area contributed by atoms with E-state index in [9.17, 15) is 4.79 Å². The average Bonchev–Trinajstić information content (AvgIpc) is 2.45. The number of benzene rings is 1. The van der Waals surface area contributed by atoms with Crippen molar-refractivity contribution in [1.29, 1.82) is 0 Å². The summed E-state index contributed by atoms with van der Waals surface area (Å²) in [6, 6.07) is 9.95. The predicted octanol–water partition coefficient (Wildman–Crippen LogP) is 3.12. The van der Waals surface area contributed by atoms with Gasteiger partial charge >= 0.3 is 0 Å². The van der Waals surface area contributed by atoms with Gasteiger partial charge in [0.1, 0.15) is 4.99 Å². The van der Waals surface area contributed by atoms with E-state index in [4.69, 9.17) is 18.0 Å². The lowest BCUT2D eigenvalue weighted by Gasteiger charge is -2.13. The number of hydrogen-bond acceptors (Lipinski definition) is 2. The van der Waals surface area contributed by atoms with E-state index in [0.717, 1.165) is 17.8 Å². The highest BCUT2D eigenvalue weighted by Gasteiger charge is 2.07. The van der Waals surface area contributed by atoms with Gasteiger partial charge in [-0.25, -0.2) is 0 Å². The van der Waals surface area contributed by atoms with Crippen molar-refractivity contribution in [1.82, 2.24) is 4.57 Å². The van der Waals surface area contributed by atoms with Gasteiger partial charge in [-0.2, -0.15) is 0 Å². The molecule has 0 radical (unpaired) electrons. The van der Waals surface area contributed by atoms with Crippen molar-refractivity contribution in [3.05, 3.63) is 63.6 Å². The molecule has 0 amide bonds. The molecule has 2 N–H and O–H groups in total. The van der Waals surface area contributed by atoms with Crippen LogP contribution >= 0.6 is 12.2 Å². The Labute approximate surface area is 130 Å². The molecule has 1 heterocycles. The number of rotatable bonds is 5. The van der Waals surface area contributed by atoms with Gasteiger partial charge in [-0.05, 0) is 37.5 Å². The number of nitrogens with two attached hydrogens (primary N) is 1. The lowest BCUT2D eigenvalue weighted by atomic mass is 10.1. The first-order chi connectivity index (χ1) is 10.0. The standard InChI is InChI=1S/C17H20N2OS/c1-3-4-5-13-6-8-14(9-7-13)19-11-15(17(18)21)16(20)10-12(19)2/h6-11H,3-5H2,1-2H3,(H2,18,21). The third kappa shape index (κ3) is 3.58. The van der Waals surface area contributed by atoms with Gasteiger partial charge < -0.3 is 10.3 Å². The fourth-order valence-corrected chi connectivity index (χ4v) is 2.45. The molecule has 0 atom stereocenters. The van der Waals surface area contributed by atoms with Crippen LogP contribution in [0.5, 0.6) is 0 Å². The van der Waals surface area contributed by atoms with Crippen molar-refractivity contribution in [3.8, 4) is 5.69 Å². The Kier molecular flexibility index (Phi) is 4.91. The fourth-order valence-electron chi connectivity index (χ4n) is 2.30. The van der Waals surface area contributed by atoms with Gasteiger partial charge in [-0.1, -0.05) is 37.7 Å². The van der Waals surface area contributed by atoms with Gasteiger partial charge in [-0.3, -0.25) is 4.79 Å². The Morgan fingerprint density at radius 3 is 2.52 bits per heavy atom. The van der Waals surface area contributed by atoms with Crippen LogP contribution in [0, 0.1) is 6.92 Å². The molecule has 0 saturated carbocycles. The van der Waals surface area contributed by atoms with Crippen LogP contribution in [0.4, 0.5) is 0 Å². The number of pyridine rings is 1. The van der Waals surface area contributed by atoms with Crippen molar-refractivity contribution in [2.24, 2.45) is 5.73 Å². The highest BCUT2D eigenvalue weighted by Crippen LogP contribution is 2.14. The summed E-state index contributed by atoms with van der Waals surface area (Å²) in [7, 11) is 0. The highest BCUT2D eigenvalue weighted by atomic mass is 32.1. The summed E-state index contributed by atoms with van der Waals surface area (Å²) >= 11 is 4.94.